The number of nitrogens with one attached hydrogen (secondary N) is 1. The highest BCUT2D eigenvalue weighted by atomic mass is 79.9. The fraction of sp³-hybridized carbons (Fsp3) is 0.231. The van der Waals surface area contributed by atoms with Gasteiger partial charge in [0.1, 0.15) is 10.5 Å². The minimum Gasteiger partial charge on any atom is -0.342 e. The molecule has 1 saturated carbocycles. The molecule has 2 aromatic rings. The lowest BCUT2D eigenvalue weighted by Gasteiger charge is -2.08. The largest absolute Gasteiger partial charge is 0.342 e. The zero-order valence-electron chi connectivity index (χ0n) is 9.71. The van der Waals surface area contributed by atoms with Crippen molar-refractivity contribution >= 4 is 28.1 Å². The monoisotopic (exact) mass is 342 g/mol. The second-order valence-corrected chi connectivity index (χ2v) is 5.70. The first-order chi connectivity index (χ1) is 9.06. The van der Waals surface area contributed by atoms with Crippen LogP contribution in [0.3, 0.4) is 0 Å². The zero-order valence-corrected chi connectivity index (χ0v) is 12.1. The Bertz CT molecular complexity index is 710. The van der Waals surface area contributed by atoms with E-state index >= 15 is 0 Å². The average Bonchev–Trinajstić information content (AvgIpc) is 3.20. The van der Waals surface area contributed by atoms with Gasteiger partial charge in [-0.3, -0.25) is 0 Å². The number of halogens is 3. The van der Waals surface area contributed by atoms with Gasteiger partial charge in [-0.2, -0.15) is 0 Å². The van der Waals surface area contributed by atoms with Crippen LogP contribution in [-0.4, -0.2) is 9.97 Å². The lowest BCUT2D eigenvalue weighted by atomic mass is 10.2. The molecule has 1 aromatic carbocycles. The maximum atomic E-state index is 13.3. The third-order valence-corrected chi connectivity index (χ3v) is 4.43. The van der Waals surface area contributed by atoms with Gasteiger partial charge in [0.15, 0.2) is 11.6 Å². The second kappa shape index (κ2) is 4.76. The van der Waals surface area contributed by atoms with Crippen LogP contribution in [0.2, 0.25) is 0 Å². The molecule has 3 rings (SSSR count). The first-order valence-corrected chi connectivity index (χ1v) is 7.01. The molecule has 0 radical (unpaired) electrons. The van der Waals surface area contributed by atoms with Gasteiger partial charge in [-0.1, -0.05) is 12.2 Å². The standard InChI is InChI=1S/C13H9BrF2N2S/c14-10-11(6-1-2-6)17-12(18-13(10)19)7-3-4-8(15)9(16)5-7/h3-6H,1-2H2,(H,17,18,19). The fourth-order valence-electron chi connectivity index (χ4n) is 1.91. The Labute approximate surface area is 122 Å². The van der Waals surface area contributed by atoms with E-state index in [1.807, 2.05) is 0 Å². The number of rotatable bonds is 2. The van der Waals surface area contributed by atoms with E-state index in [4.69, 9.17) is 12.2 Å². The second-order valence-electron chi connectivity index (χ2n) is 4.52. The molecule has 2 nitrogen and oxygen atoms in total. The summed E-state index contributed by atoms with van der Waals surface area (Å²) < 4.78 is 27.4. The average molecular weight is 343 g/mol. The van der Waals surface area contributed by atoms with E-state index in [1.165, 1.54) is 6.07 Å². The van der Waals surface area contributed by atoms with Crippen molar-refractivity contribution in [3.63, 3.8) is 0 Å². The summed E-state index contributed by atoms with van der Waals surface area (Å²) in [5, 5.41) is 0. The number of hydrogen-bond donors (Lipinski definition) is 1. The maximum absolute atomic E-state index is 13.3. The van der Waals surface area contributed by atoms with Crippen LogP contribution in [0.25, 0.3) is 11.4 Å². The highest BCUT2D eigenvalue weighted by molar-refractivity contribution is 9.10. The summed E-state index contributed by atoms with van der Waals surface area (Å²) in [6.45, 7) is 0. The Balaban J connectivity index is 2.14. The molecule has 0 bridgehead atoms. The molecule has 1 heterocycles. The van der Waals surface area contributed by atoms with Crippen molar-refractivity contribution in [2.75, 3.05) is 0 Å². The number of aromatic amines is 1. The number of aromatic nitrogens is 2. The van der Waals surface area contributed by atoms with E-state index < -0.39 is 11.6 Å². The van der Waals surface area contributed by atoms with Crippen molar-refractivity contribution in [1.29, 1.82) is 0 Å². The van der Waals surface area contributed by atoms with Crippen molar-refractivity contribution < 1.29 is 8.78 Å². The molecule has 0 aliphatic heterocycles. The first-order valence-electron chi connectivity index (χ1n) is 5.81. The summed E-state index contributed by atoms with van der Waals surface area (Å²) in [4.78, 5) is 7.37. The smallest absolute Gasteiger partial charge is 0.159 e. The molecule has 0 saturated heterocycles. The van der Waals surface area contributed by atoms with Crippen LogP contribution in [0.15, 0.2) is 22.7 Å². The van der Waals surface area contributed by atoms with Gasteiger partial charge in [0.05, 0.1) is 4.47 Å². The van der Waals surface area contributed by atoms with Crippen LogP contribution >= 0.6 is 28.1 Å². The molecule has 1 aliphatic carbocycles. The van der Waals surface area contributed by atoms with Crippen molar-refractivity contribution in [2.45, 2.75) is 18.8 Å². The van der Waals surface area contributed by atoms with Gasteiger partial charge in [0, 0.05) is 17.2 Å². The van der Waals surface area contributed by atoms with Crippen molar-refractivity contribution in [1.82, 2.24) is 9.97 Å². The van der Waals surface area contributed by atoms with Gasteiger partial charge >= 0.3 is 0 Å². The summed E-state index contributed by atoms with van der Waals surface area (Å²) in [6, 6.07) is 3.69. The van der Waals surface area contributed by atoms with Gasteiger partial charge in [-0.05, 0) is 47.0 Å². The molecule has 0 atom stereocenters. The molecular formula is C13H9BrF2N2S. The third kappa shape index (κ3) is 2.47. The number of hydrogen-bond acceptors (Lipinski definition) is 2. The van der Waals surface area contributed by atoms with E-state index in [0.717, 1.165) is 35.1 Å². The van der Waals surface area contributed by atoms with Crippen molar-refractivity contribution in [3.05, 3.63) is 44.6 Å². The Morgan fingerprint density at radius 2 is 2.00 bits per heavy atom. The number of H-pyrrole nitrogens is 1. The topological polar surface area (TPSA) is 28.7 Å². The van der Waals surface area contributed by atoms with Gasteiger partial charge in [-0.25, -0.2) is 13.8 Å². The molecule has 0 amide bonds. The third-order valence-electron chi connectivity index (χ3n) is 3.07. The van der Waals surface area contributed by atoms with Gasteiger partial charge in [0.25, 0.3) is 0 Å². The summed E-state index contributed by atoms with van der Waals surface area (Å²) in [5.74, 6) is -0.853. The molecule has 0 spiro atoms. The predicted molar refractivity (Wildman–Crippen MR) is 74.4 cm³/mol. The van der Waals surface area contributed by atoms with Crippen LogP contribution in [0.5, 0.6) is 0 Å². The summed E-state index contributed by atoms with van der Waals surface area (Å²) >= 11 is 8.61. The quantitative estimate of drug-likeness (QED) is 0.799. The molecule has 0 unspecified atom stereocenters. The minimum atomic E-state index is -0.894. The van der Waals surface area contributed by atoms with E-state index in [1.54, 1.807) is 0 Å². The summed E-state index contributed by atoms with van der Waals surface area (Å²) in [7, 11) is 0. The summed E-state index contributed by atoms with van der Waals surface area (Å²) in [6.07, 6.45) is 2.20. The maximum Gasteiger partial charge on any atom is 0.159 e. The Hall–Kier alpha value is -1.14. The van der Waals surface area contributed by atoms with Crippen molar-refractivity contribution in [2.24, 2.45) is 0 Å². The van der Waals surface area contributed by atoms with E-state index in [-0.39, 0.29) is 0 Å². The lowest BCUT2D eigenvalue weighted by molar-refractivity contribution is 0.509. The van der Waals surface area contributed by atoms with Crippen LogP contribution in [-0.2, 0) is 0 Å². The number of nitrogens with zero attached hydrogens (tertiary/aromatic N) is 1. The van der Waals surface area contributed by atoms with Crippen molar-refractivity contribution in [3.8, 4) is 11.4 Å². The Morgan fingerprint density at radius 3 is 2.63 bits per heavy atom. The Kier molecular flexibility index (Phi) is 3.22. The van der Waals surface area contributed by atoms with E-state index in [0.29, 0.717) is 21.9 Å². The van der Waals surface area contributed by atoms with E-state index in [9.17, 15) is 8.78 Å². The number of benzene rings is 1. The Morgan fingerprint density at radius 1 is 1.26 bits per heavy atom. The molecule has 1 N–H and O–H groups in total. The van der Waals surface area contributed by atoms with Gasteiger partial charge < -0.3 is 4.98 Å². The van der Waals surface area contributed by atoms with Gasteiger partial charge in [-0.15, -0.1) is 0 Å². The lowest BCUT2D eigenvalue weighted by Crippen LogP contribution is -1.98. The van der Waals surface area contributed by atoms with Gasteiger partial charge in [0.2, 0.25) is 0 Å². The summed E-state index contributed by atoms with van der Waals surface area (Å²) in [5.41, 5.74) is 1.47. The SMILES string of the molecule is Fc1ccc(-c2nc(=S)c(Br)c(C3CC3)[nH]2)cc1F. The fourth-order valence-corrected chi connectivity index (χ4v) is 2.62. The first kappa shape index (κ1) is 12.9. The van der Waals surface area contributed by atoms with E-state index in [2.05, 4.69) is 25.9 Å². The molecule has 98 valence electrons. The highest BCUT2D eigenvalue weighted by Crippen LogP contribution is 2.42. The highest BCUT2D eigenvalue weighted by Gasteiger charge is 2.27. The molecule has 1 aromatic heterocycles. The molecule has 1 aliphatic rings. The predicted octanol–water partition coefficient (Wildman–Crippen LogP) is 4.72. The van der Waals surface area contributed by atoms with Crippen LogP contribution in [0, 0.1) is 16.3 Å². The molecule has 6 heteroatoms. The van der Waals surface area contributed by atoms with Crippen LogP contribution in [0.4, 0.5) is 8.78 Å². The normalized spacial score (nSPS) is 14.7. The zero-order chi connectivity index (χ0) is 13.6. The minimum absolute atomic E-state index is 0.431. The molecule has 19 heavy (non-hydrogen) atoms. The van der Waals surface area contributed by atoms with Crippen LogP contribution in [0.1, 0.15) is 24.5 Å². The van der Waals surface area contributed by atoms with Crippen LogP contribution < -0.4 is 0 Å². The molecule has 1 fully saturated rings. The molecular weight excluding hydrogens is 334 g/mol.